The standard InChI is InChI=1S/C11H6BrF2NS/c12-8-2-1-5-15-11(8)16-7-3-4-9(13)10(14)6-7/h1-6H. The van der Waals surface area contributed by atoms with Crippen LogP contribution in [0, 0.1) is 11.6 Å². The van der Waals surface area contributed by atoms with Gasteiger partial charge in [-0.15, -0.1) is 0 Å². The first-order valence-electron chi connectivity index (χ1n) is 4.40. The number of hydrogen-bond acceptors (Lipinski definition) is 2. The Morgan fingerprint density at radius 3 is 2.62 bits per heavy atom. The summed E-state index contributed by atoms with van der Waals surface area (Å²) in [5.41, 5.74) is 0. The van der Waals surface area contributed by atoms with Crippen LogP contribution in [0.25, 0.3) is 0 Å². The summed E-state index contributed by atoms with van der Waals surface area (Å²) in [5.74, 6) is -1.69. The lowest BCUT2D eigenvalue weighted by molar-refractivity contribution is 0.506. The molecule has 0 amide bonds. The minimum Gasteiger partial charge on any atom is -0.248 e. The Labute approximate surface area is 104 Å². The molecule has 0 aliphatic rings. The quantitative estimate of drug-likeness (QED) is 0.821. The second-order valence-electron chi connectivity index (χ2n) is 2.97. The summed E-state index contributed by atoms with van der Waals surface area (Å²) in [6.07, 6.45) is 1.65. The van der Waals surface area contributed by atoms with Crippen molar-refractivity contribution in [2.24, 2.45) is 0 Å². The second kappa shape index (κ2) is 4.93. The number of hydrogen-bond donors (Lipinski definition) is 0. The van der Waals surface area contributed by atoms with Gasteiger partial charge in [-0.25, -0.2) is 13.8 Å². The number of halogens is 3. The van der Waals surface area contributed by atoms with Crippen molar-refractivity contribution < 1.29 is 8.78 Å². The van der Waals surface area contributed by atoms with Crippen LogP contribution in [-0.2, 0) is 0 Å². The van der Waals surface area contributed by atoms with Gasteiger partial charge < -0.3 is 0 Å². The van der Waals surface area contributed by atoms with Crippen molar-refractivity contribution in [3.05, 3.63) is 52.6 Å². The fourth-order valence-electron chi connectivity index (χ4n) is 1.10. The summed E-state index contributed by atoms with van der Waals surface area (Å²) < 4.78 is 26.5. The predicted octanol–water partition coefficient (Wildman–Crippen LogP) is 4.27. The van der Waals surface area contributed by atoms with E-state index in [-0.39, 0.29) is 0 Å². The smallest absolute Gasteiger partial charge is 0.159 e. The summed E-state index contributed by atoms with van der Waals surface area (Å²) >= 11 is 4.61. The molecule has 2 aromatic rings. The molecule has 0 fully saturated rings. The molecule has 0 aliphatic heterocycles. The molecule has 16 heavy (non-hydrogen) atoms. The Bertz CT molecular complexity index is 519. The van der Waals surface area contributed by atoms with Crippen LogP contribution >= 0.6 is 27.7 Å². The van der Waals surface area contributed by atoms with E-state index >= 15 is 0 Å². The van der Waals surface area contributed by atoms with E-state index in [2.05, 4.69) is 20.9 Å². The molecule has 82 valence electrons. The topological polar surface area (TPSA) is 12.9 Å². The molecule has 1 aromatic heterocycles. The van der Waals surface area contributed by atoms with Gasteiger partial charge in [0.25, 0.3) is 0 Å². The highest BCUT2D eigenvalue weighted by Gasteiger charge is 2.06. The molecule has 0 saturated carbocycles. The van der Waals surface area contributed by atoms with Gasteiger partial charge in [0, 0.05) is 11.1 Å². The van der Waals surface area contributed by atoms with Gasteiger partial charge in [-0.3, -0.25) is 0 Å². The van der Waals surface area contributed by atoms with Crippen LogP contribution in [0.4, 0.5) is 8.78 Å². The molecule has 0 radical (unpaired) electrons. The Morgan fingerprint density at radius 2 is 1.94 bits per heavy atom. The maximum Gasteiger partial charge on any atom is 0.159 e. The third kappa shape index (κ3) is 2.59. The van der Waals surface area contributed by atoms with E-state index in [1.807, 2.05) is 6.07 Å². The van der Waals surface area contributed by atoms with Crippen molar-refractivity contribution in [3.63, 3.8) is 0 Å². The number of aromatic nitrogens is 1. The van der Waals surface area contributed by atoms with Crippen molar-refractivity contribution in [1.29, 1.82) is 0 Å². The Morgan fingerprint density at radius 1 is 1.12 bits per heavy atom. The molecule has 0 saturated heterocycles. The first kappa shape index (κ1) is 11.5. The molecule has 0 unspecified atom stereocenters. The van der Waals surface area contributed by atoms with E-state index in [1.165, 1.54) is 17.8 Å². The zero-order valence-corrected chi connectivity index (χ0v) is 10.4. The minimum absolute atomic E-state index is 0.610. The Balaban J connectivity index is 2.28. The van der Waals surface area contributed by atoms with Crippen LogP contribution in [-0.4, -0.2) is 4.98 Å². The third-order valence-corrected chi connectivity index (χ3v) is 3.74. The van der Waals surface area contributed by atoms with Crippen LogP contribution in [0.15, 0.2) is 50.9 Å². The van der Waals surface area contributed by atoms with E-state index in [0.29, 0.717) is 9.92 Å². The van der Waals surface area contributed by atoms with Gasteiger partial charge in [-0.2, -0.15) is 0 Å². The fourth-order valence-corrected chi connectivity index (χ4v) is 2.40. The number of rotatable bonds is 2. The molecule has 1 heterocycles. The van der Waals surface area contributed by atoms with Crippen LogP contribution in [0.2, 0.25) is 0 Å². The van der Waals surface area contributed by atoms with E-state index < -0.39 is 11.6 Å². The Hall–Kier alpha value is -0.940. The maximum atomic E-state index is 13.0. The highest BCUT2D eigenvalue weighted by molar-refractivity contribution is 9.10. The molecule has 0 atom stereocenters. The van der Waals surface area contributed by atoms with Crippen molar-refractivity contribution in [2.45, 2.75) is 9.92 Å². The third-order valence-electron chi connectivity index (χ3n) is 1.83. The zero-order chi connectivity index (χ0) is 11.5. The highest BCUT2D eigenvalue weighted by atomic mass is 79.9. The summed E-state index contributed by atoms with van der Waals surface area (Å²) in [6, 6.07) is 7.41. The van der Waals surface area contributed by atoms with Gasteiger partial charge in [-0.1, -0.05) is 11.8 Å². The first-order valence-corrected chi connectivity index (χ1v) is 6.01. The van der Waals surface area contributed by atoms with Gasteiger partial charge in [-0.05, 0) is 46.3 Å². The molecule has 1 aromatic carbocycles. The van der Waals surface area contributed by atoms with Crippen LogP contribution < -0.4 is 0 Å². The maximum absolute atomic E-state index is 13.0. The number of benzene rings is 1. The zero-order valence-electron chi connectivity index (χ0n) is 7.95. The van der Waals surface area contributed by atoms with Crippen molar-refractivity contribution in [1.82, 2.24) is 4.98 Å². The van der Waals surface area contributed by atoms with E-state index in [4.69, 9.17) is 0 Å². The summed E-state index contributed by atoms with van der Waals surface area (Å²) in [7, 11) is 0. The van der Waals surface area contributed by atoms with Crippen LogP contribution in [0.5, 0.6) is 0 Å². The van der Waals surface area contributed by atoms with Gasteiger partial charge >= 0.3 is 0 Å². The van der Waals surface area contributed by atoms with Crippen molar-refractivity contribution in [3.8, 4) is 0 Å². The predicted molar refractivity (Wildman–Crippen MR) is 62.4 cm³/mol. The van der Waals surface area contributed by atoms with Gasteiger partial charge in [0.2, 0.25) is 0 Å². The lowest BCUT2D eigenvalue weighted by Gasteiger charge is -2.03. The summed E-state index contributed by atoms with van der Waals surface area (Å²) in [6.45, 7) is 0. The second-order valence-corrected chi connectivity index (χ2v) is 4.88. The largest absolute Gasteiger partial charge is 0.248 e. The van der Waals surface area contributed by atoms with Gasteiger partial charge in [0.15, 0.2) is 11.6 Å². The first-order chi connectivity index (χ1) is 7.66. The molecule has 5 heteroatoms. The van der Waals surface area contributed by atoms with Crippen LogP contribution in [0.1, 0.15) is 0 Å². The van der Waals surface area contributed by atoms with Crippen molar-refractivity contribution in [2.75, 3.05) is 0 Å². The van der Waals surface area contributed by atoms with E-state index in [0.717, 1.165) is 16.6 Å². The number of nitrogens with zero attached hydrogens (tertiary/aromatic N) is 1. The SMILES string of the molecule is Fc1ccc(Sc2ncccc2Br)cc1F. The number of pyridine rings is 1. The highest BCUT2D eigenvalue weighted by Crippen LogP contribution is 2.31. The molecular weight excluding hydrogens is 296 g/mol. The average molecular weight is 302 g/mol. The lowest BCUT2D eigenvalue weighted by Crippen LogP contribution is -1.85. The lowest BCUT2D eigenvalue weighted by atomic mass is 10.3. The molecule has 1 nitrogen and oxygen atoms in total. The molecular formula is C11H6BrF2NS. The van der Waals surface area contributed by atoms with E-state index in [9.17, 15) is 8.78 Å². The normalized spacial score (nSPS) is 10.4. The molecule has 2 rings (SSSR count). The van der Waals surface area contributed by atoms with Gasteiger partial charge in [0.05, 0.1) is 4.47 Å². The molecule has 0 aliphatic carbocycles. The molecule has 0 N–H and O–H groups in total. The summed E-state index contributed by atoms with van der Waals surface area (Å²) in [4.78, 5) is 4.74. The molecule has 0 bridgehead atoms. The molecule has 0 spiro atoms. The van der Waals surface area contributed by atoms with Crippen molar-refractivity contribution >= 4 is 27.7 Å². The summed E-state index contributed by atoms with van der Waals surface area (Å²) in [5, 5.41) is 0.716. The van der Waals surface area contributed by atoms with E-state index in [1.54, 1.807) is 12.3 Å². The average Bonchev–Trinajstić information content (AvgIpc) is 2.27. The van der Waals surface area contributed by atoms with Crippen LogP contribution in [0.3, 0.4) is 0 Å². The monoisotopic (exact) mass is 301 g/mol. The minimum atomic E-state index is -0.850. The van der Waals surface area contributed by atoms with Gasteiger partial charge in [0.1, 0.15) is 5.03 Å². The Kier molecular flexibility index (Phi) is 3.56. The fraction of sp³-hybridized carbons (Fsp3) is 0.